The van der Waals surface area contributed by atoms with Gasteiger partial charge in [0.25, 0.3) is 0 Å². The monoisotopic (exact) mass is 292 g/mol. The average molecular weight is 292 g/mol. The molecule has 0 aliphatic carbocycles. The first-order chi connectivity index (χ1) is 10.7. The molecule has 0 saturated heterocycles. The summed E-state index contributed by atoms with van der Waals surface area (Å²) in [5, 5.41) is 3.51. The van der Waals surface area contributed by atoms with Crippen LogP contribution in [0.1, 0.15) is 25.3 Å². The molecular weight excluding hydrogens is 272 g/mol. The number of hydrogen-bond donors (Lipinski definition) is 0. The maximum Gasteiger partial charge on any atom is 0.194 e. The highest BCUT2D eigenvalue weighted by Crippen LogP contribution is 2.21. The van der Waals surface area contributed by atoms with Crippen LogP contribution < -0.4 is 5.43 Å². The van der Waals surface area contributed by atoms with Gasteiger partial charge in [0.2, 0.25) is 0 Å². The minimum Gasteiger partial charge on any atom is -0.381 e. The van der Waals surface area contributed by atoms with E-state index in [1.54, 1.807) is 0 Å². The molecule has 3 rings (SSSR count). The maximum atomic E-state index is 12.7. The highest BCUT2D eigenvalue weighted by atomic mass is 16.5. The van der Waals surface area contributed by atoms with Crippen LogP contribution in [0.5, 0.6) is 0 Å². The molecule has 3 aromatic rings. The second kappa shape index (κ2) is 6.29. The van der Waals surface area contributed by atoms with Crippen molar-refractivity contribution in [1.29, 1.82) is 0 Å². The fourth-order valence-electron chi connectivity index (χ4n) is 2.80. The van der Waals surface area contributed by atoms with E-state index in [-0.39, 0.29) is 5.43 Å². The van der Waals surface area contributed by atoms with Crippen LogP contribution in [0.3, 0.4) is 0 Å². The molecule has 0 amide bonds. The van der Waals surface area contributed by atoms with Crippen molar-refractivity contribution in [1.82, 2.24) is 0 Å². The molecule has 0 saturated carbocycles. The van der Waals surface area contributed by atoms with Gasteiger partial charge in [0.1, 0.15) is 0 Å². The van der Waals surface area contributed by atoms with Crippen molar-refractivity contribution in [2.75, 3.05) is 13.2 Å². The normalized spacial score (nSPS) is 12.6. The molecule has 0 heterocycles. The lowest BCUT2D eigenvalue weighted by atomic mass is 9.99. The Hall–Kier alpha value is -2.19. The van der Waals surface area contributed by atoms with Crippen LogP contribution in [0.15, 0.2) is 59.4 Å². The summed E-state index contributed by atoms with van der Waals surface area (Å²) in [4.78, 5) is 12.7. The van der Waals surface area contributed by atoms with Gasteiger partial charge in [-0.2, -0.15) is 0 Å². The van der Waals surface area contributed by atoms with Crippen LogP contribution >= 0.6 is 0 Å². The largest absolute Gasteiger partial charge is 0.381 e. The van der Waals surface area contributed by atoms with Crippen molar-refractivity contribution in [2.45, 2.75) is 19.8 Å². The Balaban J connectivity index is 2.17. The average Bonchev–Trinajstić information content (AvgIpc) is 2.70. The van der Waals surface area contributed by atoms with Crippen LogP contribution in [0.25, 0.3) is 21.5 Å². The van der Waals surface area contributed by atoms with Crippen molar-refractivity contribution in [3.05, 3.63) is 70.4 Å². The Labute approximate surface area is 130 Å². The topological polar surface area (TPSA) is 26.3 Å². The summed E-state index contributed by atoms with van der Waals surface area (Å²) < 4.78 is 5.51. The van der Waals surface area contributed by atoms with E-state index in [9.17, 15) is 4.79 Å². The molecule has 0 aliphatic rings. The smallest absolute Gasteiger partial charge is 0.194 e. The second-order valence-corrected chi connectivity index (χ2v) is 5.66. The lowest BCUT2D eigenvalue weighted by molar-refractivity contribution is 0.136. The van der Waals surface area contributed by atoms with Crippen molar-refractivity contribution in [2.24, 2.45) is 0 Å². The van der Waals surface area contributed by atoms with Crippen molar-refractivity contribution in [3.8, 4) is 0 Å². The molecule has 22 heavy (non-hydrogen) atoms. The molecule has 0 bridgehead atoms. The number of fused-ring (bicyclic) bond motifs is 2. The van der Waals surface area contributed by atoms with Crippen LogP contribution in [0.2, 0.25) is 0 Å². The van der Waals surface area contributed by atoms with Gasteiger partial charge in [-0.3, -0.25) is 4.79 Å². The third-order valence-electron chi connectivity index (χ3n) is 4.11. The molecule has 0 N–H and O–H groups in total. The Bertz CT molecular complexity index is 868. The summed E-state index contributed by atoms with van der Waals surface area (Å²) in [6.45, 7) is 5.58. The van der Waals surface area contributed by atoms with Gasteiger partial charge in [0, 0.05) is 23.3 Å². The van der Waals surface area contributed by atoms with Crippen LogP contribution in [0, 0.1) is 0 Å². The minimum atomic E-state index is 0.0969. The Kier molecular flexibility index (Phi) is 4.21. The molecule has 2 heteroatoms. The first-order valence-corrected chi connectivity index (χ1v) is 7.74. The van der Waals surface area contributed by atoms with Gasteiger partial charge < -0.3 is 4.74 Å². The van der Waals surface area contributed by atoms with Gasteiger partial charge in [0.05, 0.1) is 6.61 Å². The van der Waals surface area contributed by atoms with Crippen LogP contribution in [-0.2, 0) is 4.74 Å². The van der Waals surface area contributed by atoms with Crippen LogP contribution in [-0.4, -0.2) is 13.2 Å². The van der Waals surface area contributed by atoms with Gasteiger partial charge in [-0.15, -0.1) is 0 Å². The predicted molar refractivity (Wildman–Crippen MR) is 92.6 cm³/mol. The molecule has 112 valence electrons. The molecule has 3 aromatic carbocycles. The third kappa shape index (κ3) is 2.75. The van der Waals surface area contributed by atoms with E-state index >= 15 is 0 Å². The Morgan fingerprint density at radius 1 is 0.955 bits per heavy atom. The summed E-state index contributed by atoms with van der Waals surface area (Å²) in [5.74, 6) is 0.319. The van der Waals surface area contributed by atoms with E-state index in [1.807, 2.05) is 55.5 Å². The molecule has 2 nitrogen and oxygen atoms in total. The summed E-state index contributed by atoms with van der Waals surface area (Å²) in [5.41, 5.74) is 1.30. The van der Waals surface area contributed by atoms with Crippen LogP contribution in [0.4, 0.5) is 0 Å². The third-order valence-corrected chi connectivity index (χ3v) is 4.11. The summed E-state index contributed by atoms with van der Waals surface area (Å²) >= 11 is 0. The second-order valence-electron chi connectivity index (χ2n) is 5.66. The van der Waals surface area contributed by atoms with E-state index in [0.717, 1.165) is 28.2 Å². The van der Waals surface area contributed by atoms with E-state index in [0.29, 0.717) is 12.5 Å². The zero-order valence-electron chi connectivity index (χ0n) is 13.0. The zero-order valence-corrected chi connectivity index (χ0v) is 13.0. The van der Waals surface area contributed by atoms with Gasteiger partial charge in [-0.05, 0) is 23.3 Å². The molecular formula is C20H20O2. The molecule has 0 spiro atoms. The lowest BCUT2D eigenvalue weighted by Gasteiger charge is -2.12. The number of ether oxygens (including phenoxy) is 1. The van der Waals surface area contributed by atoms with Gasteiger partial charge in [-0.25, -0.2) is 0 Å². The molecule has 1 unspecified atom stereocenters. The first kappa shape index (κ1) is 14.7. The van der Waals surface area contributed by atoms with Gasteiger partial charge in [0.15, 0.2) is 5.43 Å². The van der Waals surface area contributed by atoms with E-state index in [2.05, 4.69) is 13.0 Å². The summed E-state index contributed by atoms with van der Waals surface area (Å²) in [6, 6.07) is 17.9. The minimum absolute atomic E-state index is 0.0969. The molecule has 0 radical (unpaired) electrons. The number of benzene rings is 2. The van der Waals surface area contributed by atoms with E-state index in [4.69, 9.17) is 4.74 Å². The van der Waals surface area contributed by atoms with Gasteiger partial charge >= 0.3 is 0 Å². The maximum absolute atomic E-state index is 12.7. The fraction of sp³-hybridized carbons (Fsp3) is 0.250. The quantitative estimate of drug-likeness (QED) is 0.708. The predicted octanol–water partition coefficient (Wildman–Crippen LogP) is 4.49. The first-order valence-electron chi connectivity index (χ1n) is 7.74. The summed E-state index contributed by atoms with van der Waals surface area (Å²) in [6.07, 6.45) is 0. The molecule has 0 fully saturated rings. The zero-order chi connectivity index (χ0) is 15.5. The van der Waals surface area contributed by atoms with Crippen molar-refractivity contribution < 1.29 is 4.74 Å². The fourth-order valence-corrected chi connectivity index (χ4v) is 2.80. The number of rotatable bonds is 4. The molecule has 0 aromatic heterocycles. The molecule has 1 atom stereocenters. The molecule has 0 aliphatic heterocycles. The Morgan fingerprint density at radius 3 is 2.50 bits per heavy atom. The van der Waals surface area contributed by atoms with Gasteiger partial charge in [-0.1, -0.05) is 61.5 Å². The van der Waals surface area contributed by atoms with Crippen molar-refractivity contribution >= 4 is 21.5 Å². The van der Waals surface area contributed by atoms with E-state index < -0.39 is 0 Å². The Morgan fingerprint density at radius 2 is 1.68 bits per heavy atom. The highest BCUT2D eigenvalue weighted by molar-refractivity contribution is 5.93. The van der Waals surface area contributed by atoms with E-state index in [1.165, 1.54) is 5.56 Å². The lowest BCUT2D eigenvalue weighted by Crippen LogP contribution is -2.05. The standard InChI is InChI=1S/C20H20O2/c1-3-22-13-14(2)16-10-11-19-17(12-16)9-8-15-6-4-5-7-18(15)20(19)21/h4-12,14H,3,13H2,1-2H3. The SMILES string of the molecule is CCOCC(C)c1ccc2c(=O)c3ccccc3ccc2c1. The number of hydrogen-bond acceptors (Lipinski definition) is 2. The summed E-state index contributed by atoms with van der Waals surface area (Å²) in [7, 11) is 0. The highest BCUT2D eigenvalue weighted by Gasteiger charge is 2.08. The van der Waals surface area contributed by atoms with Crippen molar-refractivity contribution in [3.63, 3.8) is 0 Å².